The number of hydrogen-bond donors (Lipinski definition) is 2. The molecule has 0 aliphatic carbocycles. The number of Topliss-reactive ketones (excluding diaryl/α,β-unsaturated/α-hetero) is 2. The molecule has 6 nitrogen and oxygen atoms in total. The first-order valence-electron chi connectivity index (χ1n) is 15.3. The topological polar surface area (TPSA) is 78.7 Å². The fourth-order valence-electron chi connectivity index (χ4n) is 7.52. The maximum Gasteiger partial charge on any atom is 0.183 e. The van der Waals surface area contributed by atoms with Gasteiger partial charge < -0.3 is 11.1 Å². The van der Waals surface area contributed by atoms with Gasteiger partial charge in [-0.25, -0.2) is 0 Å². The highest BCUT2D eigenvalue weighted by atomic mass is 35.5. The SMILES string of the molecule is C=CCC1C(c2ccc(Cl)c(Cl)c2)N(Cc2ccccc2)CCC1(C(=O)c1cc(C)cc(C)c1)N1CCNCC1(N)C(C)=O. The molecular weight excluding hydrogens is 591 g/mol. The normalized spacial score (nSPS) is 26.3. The van der Waals surface area contributed by atoms with Crippen LogP contribution in [0.15, 0.2) is 79.4 Å². The molecule has 0 aromatic heterocycles. The summed E-state index contributed by atoms with van der Waals surface area (Å²) >= 11 is 13.1. The Balaban J connectivity index is 1.77. The molecular formula is C36H42Cl2N4O2. The molecule has 2 saturated heterocycles. The summed E-state index contributed by atoms with van der Waals surface area (Å²) in [5.74, 6) is -0.505. The van der Waals surface area contributed by atoms with Crippen molar-refractivity contribution in [2.45, 2.75) is 57.4 Å². The number of aryl methyl sites for hydroxylation is 2. The Morgan fingerprint density at radius 1 is 1.02 bits per heavy atom. The highest BCUT2D eigenvalue weighted by Crippen LogP contribution is 2.51. The summed E-state index contributed by atoms with van der Waals surface area (Å²) < 4.78 is 0. The Morgan fingerprint density at radius 2 is 1.73 bits per heavy atom. The number of benzene rings is 3. The summed E-state index contributed by atoms with van der Waals surface area (Å²) in [7, 11) is 0. The van der Waals surface area contributed by atoms with E-state index in [4.69, 9.17) is 28.9 Å². The van der Waals surface area contributed by atoms with Gasteiger partial charge in [-0.1, -0.05) is 82.9 Å². The van der Waals surface area contributed by atoms with Crippen molar-refractivity contribution in [1.29, 1.82) is 0 Å². The first-order valence-corrected chi connectivity index (χ1v) is 16.0. The van der Waals surface area contributed by atoms with E-state index in [-0.39, 0.29) is 30.1 Å². The van der Waals surface area contributed by atoms with Crippen molar-refractivity contribution in [2.75, 3.05) is 26.2 Å². The van der Waals surface area contributed by atoms with Gasteiger partial charge in [-0.15, -0.1) is 6.58 Å². The molecule has 0 radical (unpaired) electrons. The van der Waals surface area contributed by atoms with E-state index in [2.05, 4.69) is 35.0 Å². The second-order valence-corrected chi connectivity index (χ2v) is 13.2. The maximum absolute atomic E-state index is 15.4. The lowest BCUT2D eigenvalue weighted by molar-refractivity contribution is -0.143. The summed E-state index contributed by atoms with van der Waals surface area (Å²) in [6.45, 7) is 12.3. The van der Waals surface area contributed by atoms with Gasteiger partial charge in [-0.3, -0.25) is 19.4 Å². The highest BCUT2D eigenvalue weighted by molar-refractivity contribution is 6.42. The van der Waals surface area contributed by atoms with Gasteiger partial charge >= 0.3 is 0 Å². The molecule has 4 unspecified atom stereocenters. The Morgan fingerprint density at radius 3 is 2.36 bits per heavy atom. The van der Waals surface area contributed by atoms with Gasteiger partial charge in [-0.2, -0.15) is 0 Å². The van der Waals surface area contributed by atoms with Crippen LogP contribution in [0.2, 0.25) is 10.0 Å². The Kier molecular flexibility index (Phi) is 9.81. The quantitative estimate of drug-likeness (QED) is 0.207. The van der Waals surface area contributed by atoms with Crippen LogP contribution < -0.4 is 11.1 Å². The van der Waals surface area contributed by atoms with Crippen molar-refractivity contribution in [2.24, 2.45) is 11.7 Å². The van der Waals surface area contributed by atoms with Gasteiger partial charge in [0.1, 0.15) is 5.66 Å². The standard InChI is InChI=1S/C36H42Cl2N4O2/c1-5-9-30-33(28-12-13-31(37)32(38)21-28)41(22-27-10-7-6-8-11-27)16-14-35(30,34(44)29-19-24(2)18-25(3)20-29)42-17-15-40-23-36(42,39)26(4)43/h5-8,10-13,18-21,30,33,40H,1,9,14-17,22-23,39H2,2-4H3. The molecule has 4 atom stereocenters. The van der Waals surface area contributed by atoms with Crippen molar-refractivity contribution in [3.63, 3.8) is 0 Å². The van der Waals surface area contributed by atoms with E-state index in [1.807, 2.05) is 73.4 Å². The van der Waals surface area contributed by atoms with Crippen molar-refractivity contribution in [1.82, 2.24) is 15.1 Å². The number of nitrogens with one attached hydrogen (secondary N) is 1. The number of ketones is 2. The molecule has 0 spiro atoms. The minimum Gasteiger partial charge on any atom is -0.312 e. The van der Waals surface area contributed by atoms with E-state index in [0.29, 0.717) is 54.6 Å². The molecule has 2 aliphatic heterocycles. The number of halogens is 2. The van der Waals surface area contributed by atoms with Crippen molar-refractivity contribution in [3.8, 4) is 0 Å². The van der Waals surface area contributed by atoms with Gasteiger partial charge in [-0.05, 0) is 69.0 Å². The summed E-state index contributed by atoms with van der Waals surface area (Å²) in [5.41, 5.74) is 9.37. The van der Waals surface area contributed by atoms with Gasteiger partial charge in [0.15, 0.2) is 11.6 Å². The van der Waals surface area contributed by atoms with Crippen LogP contribution in [0.4, 0.5) is 0 Å². The average Bonchev–Trinajstić information content (AvgIpc) is 2.99. The number of nitrogens with zero attached hydrogens (tertiary/aromatic N) is 2. The zero-order valence-corrected chi connectivity index (χ0v) is 27.3. The van der Waals surface area contributed by atoms with Crippen LogP contribution in [0.25, 0.3) is 0 Å². The molecule has 44 heavy (non-hydrogen) atoms. The number of piperazine rings is 1. The lowest BCUT2D eigenvalue weighted by atomic mass is 9.64. The predicted molar refractivity (Wildman–Crippen MR) is 179 cm³/mol. The molecule has 0 saturated carbocycles. The molecule has 5 rings (SSSR count). The van der Waals surface area contributed by atoms with Gasteiger partial charge in [0.05, 0.1) is 15.6 Å². The van der Waals surface area contributed by atoms with E-state index in [0.717, 1.165) is 16.7 Å². The zero-order valence-electron chi connectivity index (χ0n) is 25.8. The van der Waals surface area contributed by atoms with Crippen LogP contribution >= 0.6 is 23.2 Å². The molecule has 2 heterocycles. The minimum atomic E-state index is -1.37. The average molecular weight is 634 g/mol. The van der Waals surface area contributed by atoms with Crippen molar-refractivity contribution < 1.29 is 9.59 Å². The molecule has 0 bridgehead atoms. The first kappa shape index (κ1) is 32.6. The number of hydrogen-bond acceptors (Lipinski definition) is 6. The zero-order chi connectivity index (χ0) is 31.6. The van der Waals surface area contributed by atoms with Gasteiger partial charge in [0.25, 0.3) is 0 Å². The van der Waals surface area contributed by atoms with E-state index >= 15 is 4.79 Å². The van der Waals surface area contributed by atoms with Crippen LogP contribution in [0.1, 0.15) is 58.4 Å². The fraction of sp³-hybridized carbons (Fsp3) is 0.389. The molecule has 2 fully saturated rings. The number of likely N-dealkylation sites (tertiary alicyclic amines) is 1. The third-order valence-electron chi connectivity index (χ3n) is 9.46. The van der Waals surface area contributed by atoms with Gasteiger partial charge in [0, 0.05) is 50.2 Å². The number of piperidine rings is 1. The number of carbonyl (C=O) groups excluding carboxylic acids is 2. The largest absolute Gasteiger partial charge is 0.312 e. The summed E-state index contributed by atoms with van der Waals surface area (Å²) in [5, 5.41) is 4.25. The summed E-state index contributed by atoms with van der Waals surface area (Å²) in [6, 6.07) is 21.8. The summed E-state index contributed by atoms with van der Waals surface area (Å²) in [4.78, 5) is 33.2. The second-order valence-electron chi connectivity index (χ2n) is 12.4. The molecule has 8 heteroatoms. The Labute approximate surface area is 271 Å². The third-order valence-corrected chi connectivity index (χ3v) is 10.2. The number of nitrogens with two attached hydrogens (primary N) is 1. The lowest BCUT2D eigenvalue weighted by Gasteiger charge is -2.61. The van der Waals surface area contributed by atoms with E-state index in [9.17, 15) is 4.79 Å². The molecule has 2 aliphatic rings. The highest BCUT2D eigenvalue weighted by Gasteiger charge is 2.61. The lowest BCUT2D eigenvalue weighted by Crippen LogP contribution is -2.80. The monoisotopic (exact) mass is 632 g/mol. The van der Waals surface area contributed by atoms with Crippen LogP contribution in [-0.4, -0.2) is 58.7 Å². The van der Waals surface area contributed by atoms with Crippen molar-refractivity contribution in [3.05, 3.63) is 117 Å². The van der Waals surface area contributed by atoms with E-state index in [1.165, 1.54) is 12.5 Å². The maximum atomic E-state index is 15.4. The smallest absolute Gasteiger partial charge is 0.183 e. The van der Waals surface area contributed by atoms with Crippen LogP contribution in [0.5, 0.6) is 0 Å². The van der Waals surface area contributed by atoms with Crippen LogP contribution in [0.3, 0.4) is 0 Å². The summed E-state index contributed by atoms with van der Waals surface area (Å²) in [6.07, 6.45) is 2.90. The molecule has 3 aromatic carbocycles. The second kappa shape index (κ2) is 13.3. The third kappa shape index (κ3) is 6.04. The molecule has 3 aromatic rings. The molecule has 232 valence electrons. The Hall–Kier alpha value is -2.84. The number of allylic oxidation sites excluding steroid dienone is 1. The van der Waals surface area contributed by atoms with Crippen LogP contribution in [0, 0.1) is 19.8 Å². The molecule has 0 amide bonds. The predicted octanol–water partition coefficient (Wildman–Crippen LogP) is 6.52. The molecule has 3 N–H and O–H groups in total. The Bertz CT molecular complexity index is 1530. The minimum absolute atomic E-state index is 0.0152. The number of carbonyl (C=O) groups is 2. The first-order chi connectivity index (χ1) is 21.0. The van der Waals surface area contributed by atoms with Crippen LogP contribution in [-0.2, 0) is 11.3 Å². The van der Waals surface area contributed by atoms with Gasteiger partial charge in [0.2, 0.25) is 0 Å². The van der Waals surface area contributed by atoms with Crippen molar-refractivity contribution >= 4 is 34.8 Å². The fourth-order valence-corrected chi connectivity index (χ4v) is 7.83. The van der Waals surface area contributed by atoms with E-state index in [1.54, 1.807) is 0 Å². The number of rotatable bonds is 9. The van der Waals surface area contributed by atoms with E-state index < -0.39 is 11.2 Å².